The molecule has 0 unspecified atom stereocenters. The van der Waals surface area contributed by atoms with Crippen molar-refractivity contribution in [3.05, 3.63) is 59.9 Å². The predicted molar refractivity (Wildman–Crippen MR) is 142 cm³/mol. The maximum Gasteiger partial charge on any atom is 0.159 e. The van der Waals surface area contributed by atoms with Crippen molar-refractivity contribution >= 4 is 0 Å². The average Bonchev–Trinajstić information content (AvgIpc) is 2.86. The van der Waals surface area contributed by atoms with Crippen molar-refractivity contribution < 1.29 is 0 Å². The zero-order chi connectivity index (χ0) is 23.1. The van der Waals surface area contributed by atoms with Crippen molar-refractivity contribution in [1.82, 2.24) is 9.97 Å². The molecule has 0 saturated heterocycles. The lowest BCUT2D eigenvalue weighted by atomic mass is 9.79. The van der Waals surface area contributed by atoms with Crippen LogP contribution in [0.1, 0.15) is 108 Å². The molecule has 0 N–H and O–H groups in total. The highest BCUT2D eigenvalue weighted by Crippen LogP contribution is 2.32. The standard InChI is InChI=1S/C31H46N2/c1-3-5-7-9-15-29-24-32-31(33-25-29)30-22-20-28(21-23-30)14-11-10-13-27-18-16-26(17-19-27)12-8-6-4-2/h10,13,20-27H,3-9,11-12,14-19H2,1-2H3/b13-10+. The molecule has 0 bridgehead atoms. The molecule has 1 saturated carbocycles. The summed E-state index contributed by atoms with van der Waals surface area (Å²) in [5, 5.41) is 0. The Labute approximate surface area is 203 Å². The quantitative estimate of drug-likeness (QED) is 0.213. The van der Waals surface area contributed by atoms with Gasteiger partial charge in [0.2, 0.25) is 0 Å². The second-order valence-corrected chi connectivity index (χ2v) is 10.2. The van der Waals surface area contributed by atoms with E-state index in [0.29, 0.717) is 0 Å². The minimum Gasteiger partial charge on any atom is -0.236 e. The van der Waals surface area contributed by atoms with Crippen molar-refractivity contribution in [1.29, 1.82) is 0 Å². The summed E-state index contributed by atoms with van der Waals surface area (Å²) < 4.78 is 0. The van der Waals surface area contributed by atoms with Gasteiger partial charge in [0.15, 0.2) is 5.82 Å². The van der Waals surface area contributed by atoms with Crippen LogP contribution in [0.4, 0.5) is 0 Å². The molecule has 1 aliphatic rings. The number of hydrogen-bond donors (Lipinski definition) is 0. The maximum absolute atomic E-state index is 4.61. The summed E-state index contributed by atoms with van der Waals surface area (Å²) in [5.74, 6) is 2.66. The maximum atomic E-state index is 4.61. The van der Waals surface area contributed by atoms with E-state index in [-0.39, 0.29) is 0 Å². The zero-order valence-corrected chi connectivity index (χ0v) is 21.3. The topological polar surface area (TPSA) is 25.8 Å². The Hall–Kier alpha value is -1.96. The molecule has 1 aromatic carbocycles. The Bertz CT molecular complexity index is 783. The summed E-state index contributed by atoms with van der Waals surface area (Å²) in [6.07, 6.45) is 28.8. The number of allylic oxidation sites excluding steroid dienone is 2. The molecule has 1 aromatic heterocycles. The van der Waals surface area contributed by atoms with Gasteiger partial charge in [0.25, 0.3) is 0 Å². The number of aryl methyl sites for hydroxylation is 2. The third kappa shape index (κ3) is 9.43. The van der Waals surface area contributed by atoms with E-state index in [4.69, 9.17) is 0 Å². The second-order valence-electron chi connectivity index (χ2n) is 10.2. The lowest BCUT2D eigenvalue weighted by Crippen LogP contribution is -2.13. The molecule has 2 heteroatoms. The fraction of sp³-hybridized carbons (Fsp3) is 0.613. The second kappa shape index (κ2) is 15.0. The van der Waals surface area contributed by atoms with Gasteiger partial charge in [0, 0.05) is 18.0 Å². The number of aromatic nitrogens is 2. The summed E-state index contributed by atoms with van der Waals surface area (Å²) >= 11 is 0. The number of unbranched alkanes of at least 4 members (excludes halogenated alkanes) is 5. The van der Waals surface area contributed by atoms with Crippen molar-refractivity contribution in [2.75, 3.05) is 0 Å². The fourth-order valence-electron chi connectivity index (χ4n) is 5.10. The monoisotopic (exact) mass is 446 g/mol. The predicted octanol–water partition coefficient (Wildman–Crippen LogP) is 9.14. The minimum absolute atomic E-state index is 0.821. The first-order valence-electron chi connectivity index (χ1n) is 13.8. The summed E-state index contributed by atoms with van der Waals surface area (Å²) in [5.41, 5.74) is 3.77. The lowest BCUT2D eigenvalue weighted by Gasteiger charge is -2.26. The van der Waals surface area contributed by atoms with Gasteiger partial charge in [-0.3, -0.25) is 0 Å². The summed E-state index contributed by atoms with van der Waals surface area (Å²) in [7, 11) is 0. The van der Waals surface area contributed by atoms with Gasteiger partial charge in [0.05, 0.1) is 0 Å². The van der Waals surface area contributed by atoms with Gasteiger partial charge >= 0.3 is 0 Å². The molecule has 0 amide bonds. The van der Waals surface area contributed by atoms with Crippen molar-refractivity contribution in [2.45, 2.75) is 110 Å². The molecule has 1 aliphatic carbocycles. The Kier molecular flexibility index (Phi) is 11.7. The van der Waals surface area contributed by atoms with Crippen LogP contribution in [0.5, 0.6) is 0 Å². The highest BCUT2D eigenvalue weighted by Gasteiger charge is 2.18. The van der Waals surface area contributed by atoms with Crippen LogP contribution in [0.15, 0.2) is 48.8 Å². The average molecular weight is 447 g/mol. The van der Waals surface area contributed by atoms with Gasteiger partial charge in [-0.2, -0.15) is 0 Å². The van der Waals surface area contributed by atoms with Crippen LogP contribution >= 0.6 is 0 Å². The summed E-state index contributed by atoms with van der Waals surface area (Å²) in [6, 6.07) is 8.84. The molecular formula is C31H46N2. The molecule has 0 radical (unpaired) electrons. The highest BCUT2D eigenvalue weighted by atomic mass is 14.9. The van der Waals surface area contributed by atoms with E-state index in [0.717, 1.165) is 42.5 Å². The van der Waals surface area contributed by atoms with Crippen molar-refractivity contribution in [3.8, 4) is 11.4 Å². The molecule has 0 spiro atoms. The van der Waals surface area contributed by atoms with Gasteiger partial charge in [-0.05, 0) is 74.3 Å². The smallest absolute Gasteiger partial charge is 0.159 e. The normalized spacial score (nSPS) is 18.7. The number of benzene rings is 1. The summed E-state index contributed by atoms with van der Waals surface area (Å²) in [4.78, 5) is 9.22. The molecule has 0 atom stereocenters. The van der Waals surface area contributed by atoms with Gasteiger partial charge in [-0.15, -0.1) is 0 Å². The molecule has 2 nitrogen and oxygen atoms in total. The third-order valence-electron chi connectivity index (χ3n) is 7.35. The molecule has 3 rings (SSSR count). The highest BCUT2D eigenvalue weighted by molar-refractivity contribution is 5.55. The molecule has 0 aliphatic heterocycles. The van der Waals surface area contributed by atoms with E-state index < -0.39 is 0 Å². The van der Waals surface area contributed by atoms with E-state index >= 15 is 0 Å². The minimum atomic E-state index is 0.821. The van der Waals surface area contributed by atoms with E-state index in [1.165, 1.54) is 88.2 Å². The molecule has 1 fully saturated rings. The van der Waals surface area contributed by atoms with Crippen LogP contribution in [0, 0.1) is 11.8 Å². The van der Waals surface area contributed by atoms with Gasteiger partial charge in [-0.1, -0.05) is 95.2 Å². The van der Waals surface area contributed by atoms with Gasteiger partial charge in [0.1, 0.15) is 0 Å². The Morgan fingerprint density at radius 2 is 1.45 bits per heavy atom. The van der Waals surface area contributed by atoms with Crippen LogP contribution in [0.25, 0.3) is 11.4 Å². The Morgan fingerprint density at radius 3 is 2.15 bits per heavy atom. The van der Waals surface area contributed by atoms with E-state index in [1.807, 2.05) is 12.4 Å². The first-order chi connectivity index (χ1) is 16.3. The molecule has 2 aromatic rings. The van der Waals surface area contributed by atoms with E-state index in [9.17, 15) is 0 Å². The molecule has 180 valence electrons. The SMILES string of the molecule is CCCCCCc1cnc(-c2ccc(CC/C=C/C3CCC(CCCCC)CC3)cc2)nc1. The Balaban J connectivity index is 1.36. The van der Waals surface area contributed by atoms with Crippen LogP contribution in [-0.2, 0) is 12.8 Å². The zero-order valence-electron chi connectivity index (χ0n) is 21.3. The van der Waals surface area contributed by atoms with Crippen LogP contribution in [0.2, 0.25) is 0 Å². The van der Waals surface area contributed by atoms with Crippen molar-refractivity contribution in [2.24, 2.45) is 11.8 Å². The van der Waals surface area contributed by atoms with Gasteiger partial charge in [-0.25, -0.2) is 9.97 Å². The third-order valence-corrected chi connectivity index (χ3v) is 7.35. The van der Waals surface area contributed by atoms with Crippen LogP contribution in [-0.4, -0.2) is 9.97 Å². The molecule has 1 heterocycles. The largest absolute Gasteiger partial charge is 0.236 e. The first-order valence-corrected chi connectivity index (χ1v) is 13.8. The number of hydrogen-bond acceptors (Lipinski definition) is 2. The lowest BCUT2D eigenvalue weighted by molar-refractivity contribution is 0.289. The summed E-state index contributed by atoms with van der Waals surface area (Å²) in [6.45, 7) is 4.56. The van der Waals surface area contributed by atoms with Crippen molar-refractivity contribution in [3.63, 3.8) is 0 Å². The van der Waals surface area contributed by atoms with Crippen LogP contribution < -0.4 is 0 Å². The first kappa shape index (κ1) is 25.7. The van der Waals surface area contributed by atoms with Crippen LogP contribution in [0.3, 0.4) is 0 Å². The van der Waals surface area contributed by atoms with Gasteiger partial charge < -0.3 is 0 Å². The number of rotatable bonds is 14. The number of nitrogens with zero attached hydrogens (tertiary/aromatic N) is 2. The van der Waals surface area contributed by atoms with E-state index in [1.54, 1.807) is 0 Å². The molecular weight excluding hydrogens is 400 g/mol. The van der Waals surface area contributed by atoms with E-state index in [2.05, 4.69) is 60.2 Å². The molecule has 33 heavy (non-hydrogen) atoms. The fourth-order valence-corrected chi connectivity index (χ4v) is 5.10. The Morgan fingerprint density at radius 1 is 0.758 bits per heavy atom.